The predicted octanol–water partition coefficient (Wildman–Crippen LogP) is 7.35. The van der Waals surface area contributed by atoms with E-state index in [0.29, 0.717) is 0 Å². The van der Waals surface area contributed by atoms with E-state index in [1.807, 2.05) is 6.20 Å². The van der Waals surface area contributed by atoms with Crippen LogP contribution in [-0.2, 0) is 19.8 Å². The number of fused-ring (bicyclic) bond motifs is 2. The van der Waals surface area contributed by atoms with E-state index in [0.717, 1.165) is 16.8 Å². The topological polar surface area (TPSA) is 12.9 Å². The molecule has 0 saturated carbocycles. The van der Waals surface area contributed by atoms with Gasteiger partial charge < -0.3 is 4.98 Å². The van der Waals surface area contributed by atoms with Crippen molar-refractivity contribution < 1.29 is 19.8 Å². The fourth-order valence-electron chi connectivity index (χ4n) is 4.46. The van der Waals surface area contributed by atoms with Gasteiger partial charge in [0.1, 0.15) is 10.6 Å². The second kappa shape index (κ2) is 12.3. The molecule has 0 atom stereocenters. The van der Waals surface area contributed by atoms with E-state index in [9.17, 15) is 0 Å². The van der Waals surface area contributed by atoms with Gasteiger partial charge in [-0.1, -0.05) is 56.3 Å². The van der Waals surface area contributed by atoms with Crippen molar-refractivity contribution in [1.82, 2.24) is 4.98 Å². The Morgan fingerprint density at radius 2 is 1.23 bits per heavy atom. The van der Waals surface area contributed by atoms with Gasteiger partial charge in [-0.25, -0.2) is 0 Å². The Balaban J connectivity index is 0.000000226. The maximum atomic E-state index is 4.63. The Morgan fingerprint density at radius 3 is 1.80 bits per heavy atom. The van der Waals surface area contributed by atoms with Gasteiger partial charge in [0.25, 0.3) is 0 Å². The average Bonchev–Trinajstić information content (AvgIpc) is 2.82. The first-order valence-electron chi connectivity index (χ1n) is 11.8. The van der Waals surface area contributed by atoms with Crippen LogP contribution in [0.25, 0.3) is 32.8 Å². The molecular formula is C31H34NOsP2+2. The summed E-state index contributed by atoms with van der Waals surface area (Å²) in [5.74, 6) is 0. The van der Waals surface area contributed by atoms with Crippen molar-refractivity contribution in [2.75, 3.05) is 26.7 Å². The predicted molar refractivity (Wildman–Crippen MR) is 159 cm³/mol. The molecule has 0 saturated heterocycles. The zero-order valence-corrected chi connectivity index (χ0v) is 25.9. The molecule has 35 heavy (non-hydrogen) atoms. The molecule has 0 N–H and O–H groups in total. The fourth-order valence-corrected chi connectivity index (χ4v) is 8.06. The fraction of sp³-hybridized carbons (Fsp3) is 0.194. The molecular weight excluding hydrogens is 639 g/mol. The zero-order chi connectivity index (χ0) is 24.2. The first-order chi connectivity index (χ1) is 16.3. The van der Waals surface area contributed by atoms with Crippen molar-refractivity contribution in [3.05, 3.63) is 102 Å². The van der Waals surface area contributed by atoms with Crippen LogP contribution < -0.4 is 10.6 Å². The van der Waals surface area contributed by atoms with E-state index < -0.39 is 0 Å². The summed E-state index contributed by atoms with van der Waals surface area (Å²) in [5.41, 5.74) is 4.47. The van der Waals surface area contributed by atoms with Crippen LogP contribution in [-0.4, -0.2) is 31.6 Å². The zero-order valence-electron chi connectivity index (χ0n) is 21.4. The summed E-state index contributed by atoms with van der Waals surface area (Å²) in [6, 6.07) is 31.7. The smallest absolute Gasteiger partial charge is 0.304 e. The summed E-state index contributed by atoms with van der Waals surface area (Å²) in [4.78, 5) is 4.63. The van der Waals surface area contributed by atoms with E-state index >= 15 is 0 Å². The van der Waals surface area contributed by atoms with Crippen LogP contribution in [0, 0.1) is 19.9 Å². The summed E-state index contributed by atoms with van der Waals surface area (Å²) < 4.78 is 0. The van der Waals surface area contributed by atoms with Gasteiger partial charge in [-0.3, -0.25) is 0 Å². The van der Waals surface area contributed by atoms with Gasteiger partial charge in [-0.2, -0.15) is 0 Å². The number of aryl methyl sites for hydroxylation is 2. The van der Waals surface area contributed by atoms with Crippen molar-refractivity contribution in [3.8, 4) is 11.3 Å². The van der Waals surface area contributed by atoms with Gasteiger partial charge in [0.05, 0.1) is 26.7 Å². The quantitative estimate of drug-likeness (QED) is 0.111. The Bertz CT molecular complexity index is 1400. The Morgan fingerprint density at radius 1 is 0.657 bits per heavy atom. The van der Waals surface area contributed by atoms with Crippen molar-refractivity contribution in [1.29, 1.82) is 0 Å². The van der Waals surface area contributed by atoms with Gasteiger partial charge in [-0.05, 0) is 51.5 Å². The number of nitrogens with zero attached hydrogens (tertiary/aromatic N) is 1. The van der Waals surface area contributed by atoms with Crippen LogP contribution in [0.4, 0.5) is 0 Å². The molecule has 0 aliphatic heterocycles. The van der Waals surface area contributed by atoms with Gasteiger partial charge in [0, 0.05) is 22.0 Å². The minimum atomic E-state index is -0.261. The van der Waals surface area contributed by atoms with E-state index in [1.165, 1.54) is 27.1 Å². The summed E-state index contributed by atoms with van der Waals surface area (Å²) in [5, 5.41) is 8.19. The van der Waals surface area contributed by atoms with Crippen molar-refractivity contribution >= 4 is 48.0 Å². The normalized spacial score (nSPS) is 10.9. The van der Waals surface area contributed by atoms with Crippen LogP contribution in [0.2, 0.25) is 0 Å². The standard InChI is InChI=1S/C21H16N.C10H16P2.Os/c1-14-9-15(2)11-19(10-14)21-20-13-17-6-4-3-5-16(17)12-18(20)7-8-22-21;1-11(2)9-7-5-6-8-10(9)12(3)4;/h3-10,12-13H,1-2H3;5-8H,1-4H3;/q-1;;+1/p+2. The maximum Gasteiger partial charge on any atom is 1.00 e. The molecule has 0 fully saturated rings. The Labute approximate surface area is 226 Å². The van der Waals surface area contributed by atoms with Crippen LogP contribution in [0.15, 0.2) is 85.1 Å². The second-order valence-electron chi connectivity index (χ2n) is 9.38. The van der Waals surface area contributed by atoms with E-state index in [4.69, 9.17) is 0 Å². The molecule has 1 heterocycles. The number of benzene rings is 4. The minimum absolute atomic E-state index is 0. The van der Waals surface area contributed by atoms with Crippen LogP contribution >= 0.6 is 15.8 Å². The molecule has 0 bridgehead atoms. The molecule has 0 aliphatic rings. The summed E-state index contributed by atoms with van der Waals surface area (Å²) in [6.45, 7) is 13.7. The molecule has 1 nitrogen and oxygen atoms in total. The SMILES string of the molecule is C[PH+](C)c1ccccc1[PH+](C)C.Cc1[c-]c(-c2nccc3cc4ccccc4cc23)cc(C)c1.[Os+]. The number of rotatable bonds is 3. The average molecular weight is 673 g/mol. The van der Waals surface area contributed by atoms with E-state index in [1.54, 1.807) is 10.6 Å². The largest absolute Gasteiger partial charge is 1.00 e. The minimum Gasteiger partial charge on any atom is -0.304 e. The molecule has 179 valence electrons. The molecule has 5 rings (SSSR count). The first-order valence-corrected chi connectivity index (χ1v) is 16.8. The molecule has 0 aliphatic carbocycles. The monoisotopic (exact) mass is 674 g/mol. The third-order valence-corrected chi connectivity index (χ3v) is 9.31. The Hall–Kier alpha value is -1.95. The van der Waals surface area contributed by atoms with Crippen LogP contribution in [0.1, 0.15) is 11.1 Å². The van der Waals surface area contributed by atoms with E-state index in [-0.39, 0.29) is 35.6 Å². The Kier molecular flexibility index (Phi) is 9.74. The van der Waals surface area contributed by atoms with E-state index in [2.05, 4.69) is 130 Å². The molecule has 0 spiro atoms. The van der Waals surface area contributed by atoms with Gasteiger partial charge in [0.2, 0.25) is 0 Å². The third kappa shape index (κ3) is 6.63. The molecule has 0 unspecified atom stereocenters. The van der Waals surface area contributed by atoms with Crippen molar-refractivity contribution in [2.45, 2.75) is 13.8 Å². The van der Waals surface area contributed by atoms with Crippen LogP contribution in [0.5, 0.6) is 0 Å². The molecule has 4 heteroatoms. The molecule has 5 aromatic rings. The number of aromatic nitrogens is 1. The van der Waals surface area contributed by atoms with Crippen molar-refractivity contribution in [2.24, 2.45) is 0 Å². The maximum absolute atomic E-state index is 4.63. The molecule has 1 radical (unpaired) electrons. The summed E-state index contributed by atoms with van der Waals surface area (Å²) in [7, 11) is -0.522. The van der Waals surface area contributed by atoms with Gasteiger partial charge >= 0.3 is 19.8 Å². The number of pyridine rings is 1. The second-order valence-corrected chi connectivity index (χ2v) is 14.5. The van der Waals surface area contributed by atoms with Gasteiger partial charge in [0.15, 0.2) is 0 Å². The summed E-state index contributed by atoms with van der Waals surface area (Å²) >= 11 is 0. The first kappa shape index (κ1) is 27.6. The van der Waals surface area contributed by atoms with Crippen molar-refractivity contribution in [3.63, 3.8) is 0 Å². The van der Waals surface area contributed by atoms with Crippen LogP contribution in [0.3, 0.4) is 0 Å². The summed E-state index contributed by atoms with van der Waals surface area (Å²) in [6.07, 6.45) is 1.89. The molecule has 1 aromatic heterocycles. The third-order valence-electron chi connectivity index (χ3n) is 6.04. The number of hydrogen-bond donors (Lipinski definition) is 0. The van der Waals surface area contributed by atoms with Gasteiger partial charge in [-0.15, -0.1) is 34.9 Å². The molecule has 0 amide bonds. The molecule has 4 aromatic carbocycles. The number of hydrogen-bond acceptors (Lipinski definition) is 1.